The first-order valence-corrected chi connectivity index (χ1v) is 6.52. The fourth-order valence-electron chi connectivity index (χ4n) is 1.61. The Labute approximate surface area is 122 Å². The van der Waals surface area contributed by atoms with E-state index in [0.717, 1.165) is 12.1 Å². The van der Waals surface area contributed by atoms with E-state index in [9.17, 15) is 8.78 Å². The number of halogens is 3. The van der Waals surface area contributed by atoms with Gasteiger partial charge in [0.05, 0.1) is 6.61 Å². The minimum Gasteiger partial charge on any atom is -0.434 e. The first kappa shape index (κ1) is 16.9. The molecular weight excluding hydrogens is 288 g/mol. The van der Waals surface area contributed by atoms with Crippen molar-refractivity contribution in [3.8, 4) is 5.75 Å². The molecular formula is C14H18ClF2NO2. The van der Waals surface area contributed by atoms with Crippen LogP contribution in [-0.2, 0) is 4.74 Å². The van der Waals surface area contributed by atoms with Gasteiger partial charge < -0.3 is 14.8 Å². The molecule has 0 saturated carbocycles. The lowest BCUT2D eigenvalue weighted by atomic mass is 10.1. The lowest BCUT2D eigenvalue weighted by Crippen LogP contribution is -2.20. The van der Waals surface area contributed by atoms with Crippen LogP contribution in [0.2, 0.25) is 5.02 Å². The summed E-state index contributed by atoms with van der Waals surface area (Å²) in [7, 11) is 1.63. The van der Waals surface area contributed by atoms with Gasteiger partial charge in [0, 0.05) is 30.8 Å². The third kappa shape index (κ3) is 6.32. The van der Waals surface area contributed by atoms with Gasteiger partial charge in [0.1, 0.15) is 5.75 Å². The number of hydrogen-bond acceptors (Lipinski definition) is 3. The van der Waals surface area contributed by atoms with Crippen molar-refractivity contribution in [3.05, 3.63) is 34.4 Å². The Morgan fingerprint density at radius 2 is 2.20 bits per heavy atom. The molecule has 0 spiro atoms. The molecule has 0 radical (unpaired) electrons. The maximum atomic E-state index is 12.3. The Hall–Kier alpha value is -1.17. The highest BCUT2D eigenvalue weighted by Crippen LogP contribution is 2.26. The summed E-state index contributed by atoms with van der Waals surface area (Å²) < 4.78 is 34.0. The average molecular weight is 306 g/mol. The quantitative estimate of drug-likeness (QED) is 0.745. The second-order valence-corrected chi connectivity index (χ2v) is 4.66. The Morgan fingerprint density at radius 3 is 2.85 bits per heavy atom. The van der Waals surface area contributed by atoms with Crippen LogP contribution in [0, 0.1) is 0 Å². The minimum atomic E-state index is -2.86. The topological polar surface area (TPSA) is 30.5 Å². The lowest BCUT2D eigenvalue weighted by Gasteiger charge is -2.10. The van der Waals surface area contributed by atoms with Crippen LogP contribution in [0.5, 0.6) is 5.75 Å². The number of ether oxygens (including phenoxy) is 2. The summed E-state index contributed by atoms with van der Waals surface area (Å²) in [6.45, 7) is 1.00. The molecule has 0 heterocycles. The van der Waals surface area contributed by atoms with E-state index in [2.05, 4.69) is 10.1 Å². The largest absolute Gasteiger partial charge is 0.434 e. The Bertz CT molecular complexity index is 453. The van der Waals surface area contributed by atoms with Crippen molar-refractivity contribution in [2.24, 2.45) is 0 Å². The normalized spacial score (nSPS) is 12.0. The molecule has 112 valence electrons. The van der Waals surface area contributed by atoms with E-state index in [1.54, 1.807) is 19.3 Å². The molecule has 0 fully saturated rings. The monoisotopic (exact) mass is 305 g/mol. The summed E-state index contributed by atoms with van der Waals surface area (Å²) in [5.74, 6) is 0.112. The number of rotatable bonds is 8. The van der Waals surface area contributed by atoms with Crippen LogP contribution in [-0.4, -0.2) is 33.4 Å². The van der Waals surface area contributed by atoms with E-state index >= 15 is 0 Å². The van der Waals surface area contributed by atoms with Gasteiger partial charge in [0.2, 0.25) is 0 Å². The van der Waals surface area contributed by atoms with Crippen molar-refractivity contribution < 1.29 is 18.3 Å². The number of alkyl halides is 2. The Kier molecular flexibility index (Phi) is 7.51. The first-order chi connectivity index (χ1) is 9.52. The summed E-state index contributed by atoms with van der Waals surface area (Å²) in [4.78, 5) is 0. The van der Waals surface area contributed by atoms with Gasteiger partial charge in [-0.3, -0.25) is 0 Å². The molecule has 0 amide bonds. The second-order valence-electron chi connectivity index (χ2n) is 4.22. The molecule has 0 aromatic heterocycles. The molecule has 0 atom stereocenters. The molecule has 1 rings (SSSR count). The summed E-state index contributed by atoms with van der Waals surface area (Å²) in [6.07, 6.45) is 1.77. The van der Waals surface area contributed by atoms with Gasteiger partial charge in [0.15, 0.2) is 0 Å². The predicted molar refractivity (Wildman–Crippen MR) is 76.5 cm³/mol. The maximum absolute atomic E-state index is 12.3. The van der Waals surface area contributed by atoms with Crippen molar-refractivity contribution in [2.75, 3.05) is 26.8 Å². The van der Waals surface area contributed by atoms with Crippen molar-refractivity contribution >= 4 is 17.7 Å². The molecule has 6 heteroatoms. The van der Waals surface area contributed by atoms with Crippen molar-refractivity contribution in [3.63, 3.8) is 0 Å². The molecule has 0 aliphatic rings. The van der Waals surface area contributed by atoms with Gasteiger partial charge in [-0.25, -0.2) is 0 Å². The maximum Gasteiger partial charge on any atom is 0.387 e. The van der Waals surface area contributed by atoms with E-state index in [0.29, 0.717) is 23.7 Å². The lowest BCUT2D eigenvalue weighted by molar-refractivity contribution is -0.0499. The van der Waals surface area contributed by atoms with Gasteiger partial charge in [-0.05, 0) is 25.1 Å². The molecule has 1 aromatic rings. The zero-order valence-corrected chi connectivity index (χ0v) is 12.2. The molecule has 1 N–H and O–H groups in total. The van der Waals surface area contributed by atoms with Crippen molar-refractivity contribution in [1.29, 1.82) is 0 Å². The van der Waals surface area contributed by atoms with E-state index in [4.69, 9.17) is 16.3 Å². The Morgan fingerprint density at radius 1 is 1.45 bits per heavy atom. The predicted octanol–water partition coefficient (Wildman–Crippen LogP) is 3.58. The molecule has 0 unspecified atom stereocenters. The standard InChI is InChI=1S/C14H18ClF2NO2/c1-10(9-18-5-6-19-2)7-11-8-12(15)3-4-13(11)20-14(16)17/h3-4,7-8,14,18H,5-6,9H2,1-2H3. The first-order valence-electron chi connectivity index (χ1n) is 6.14. The average Bonchev–Trinajstić information content (AvgIpc) is 2.37. The highest BCUT2D eigenvalue weighted by Gasteiger charge is 2.09. The van der Waals surface area contributed by atoms with Gasteiger partial charge in [0.25, 0.3) is 0 Å². The van der Waals surface area contributed by atoms with E-state index < -0.39 is 6.61 Å². The summed E-state index contributed by atoms with van der Waals surface area (Å²) in [5, 5.41) is 3.64. The van der Waals surface area contributed by atoms with Crippen LogP contribution < -0.4 is 10.1 Å². The van der Waals surface area contributed by atoms with Crippen LogP contribution >= 0.6 is 11.6 Å². The summed E-state index contributed by atoms with van der Waals surface area (Å²) >= 11 is 5.88. The summed E-state index contributed by atoms with van der Waals surface area (Å²) in [6, 6.07) is 4.55. The van der Waals surface area contributed by atoms with Crippen LogP contribution in [0.4, 0.5) is 8.78 Å². The van der Waals surface area contributed by atoms with E-state index in [-0.39, 0.29) is 5.75 Å². The van der Waals surface area contributed by atoms with Gasteiger partial charge in [-0.15, -0.1) is 0 Å². The smallest absolute Gasteiger partial charge is 0.387 e. The van der Waals surface area contributed by atoms with Crippen LogP contribution in [0.25, 0.3) is 6.08 Å². The molecule has 3 nitrogen and oxygen atoms in total. The van der Waals surface area contributed by atoms with Crippen LogP contribution in [0.15, 0.2) is 23.8 Å². The van der Waals surface area contributed by atoms with Crippen molar-refractivity contribution in [2.45, 2.75) is 13.5 Å². The Balaban J connectivity index is 2.75. The second kappa shape index (κ2) is 8.89. The fraction of sp³-hybridized carbons (Fsp3) is 0.429. The summed E-state index contributed by atoms with van der Waals surface area (Å²) in [5.41, 5.74) is 1.51. The molecule has 0 bridgehead atoms. The molecule has 0 saturated heterocycles. The molecule has 0 aliphatic carbocycles. The highest BCUT2D eigenvalue weighted by molar-refractivity contribution is 6.30. The molecule has 20 heavy (non-hydrogen) atoms. The molecule has 0 aliphatic heterocycles. The third-order valence-corrected chi connectivity index (χ3v) is 2.71. The zero-order valence-electron chi connectivity index (χ0n) is 11.5. The van der Waals surface area contributed by atoms with Gasteiger partial charge in [-0.2, -0.15) is 8.78 Å². The highest BCUT2D eigenvalue weighted by atomic mass is 35.5. The number of hydrogen-bond donors (Lipinski definition) is 1. The SMILES string of the molecule is COCCNCC(C)=Cc1cc(Cl)ccc1OC(F)F. The van der Waals surface area contributed by atoms with Crippen molar-refractivity contribution in [1.82, 2.24) is 5.32 Å². The number of methoxy groups -OCH3 is 1. The van der Waals surface area contributed by atoms with Gasteiger partial charge in [-0.1, -0.05) is 23.3 Å². The van der Waals surface area contributed by atoms with Gasteiger partial charge >= 0.3 is 6.61 Å². The van der Waals surface area contributed by atoms with E-state index in [1.165, 1.54) is 12.1 Å². The third-order valence-electron chi connectivity index (χ3n) is 2.48. The number of nitrogens with one attached hydrogen (secondary N) is 1. The van der Waals surface area contributed by atoms with Crippen LogP contribution in [0.3, 0.4) is 0 Å². The van der Waals surface area contributed by atoms with E-state index in [1.807, 2.05) is 6.92 Å². The minimum absolute atomic E-state index is 0.112. The number of benzene rings is 1. The zero-order chi connectivity index (χ0) is 15.0. The fourth-order valence-corrected chi connectivity index (χ4v) is 1.79. The molecule has 1 aromatic carbocycles. The van der Waals surface area contributed by atoms with Crippen LogP contribution in [0.1, 0.15) is 12.5 Å².